The summed E-state index contributed by atoms with van der Waals surface area (Å²) in [5.74, 6) is -1.12. The van der Waals surface area contributed by atoms with Crippen LogP contribution < -0.4 is 0 Å². The van der Waals surface area contributed by atoms with Crippen LogP contribution in [0.3, 0.4) is 0 Å². The standard InChI is InChI=1S/C54H82O6/c1-4-7-10-13-16-19-21-23-25-26-27-29-30-32-35-38-41-44-47-53(56)59-50-51(49-58-52(55)46-43-40-37-34-18-15-12-9-6-3)60-54(57)48-45-42-39-36-33-31-28-24-22-20-17-14-11-8-5-2/h8-9,11-12,14,16-29,34,40,43,51H,4-7,10,13,15,30-33,35-39,41-42,44-50H2,1-3H3/b11-8-,12-9-,17-14-,19-16-,22-20-,23-21-,26-25-,28-24-,29-27-,34-18-,43-40-. The number of allylic oxidation sites excluding steroid dienone is 21. The van der Waals surface area contributed by atoms with E-state index in [1.165, 1.54) is 19.3 Å². The second kappa shape index (κ2) is 47.2. The molecule has 0 bridgehead atoms. The highest BCUT2D eigenvalue weighted by atomic mass is 16.6. The van der Waals surface area contributed by atoms with Crippen LogP contribution in [0.2, 0.25) is 0 Å². The second-order valence-electron chi connectivity index (χ2n) is 14.7. The van der Waals surface area contributed by atoms with Crippen molar-refractivity contribution >= 4 is 17.9 Å². The van der Waals surface area contributed by atoms with Crippen LogP contribution >= 0.6 is 0 Å². The second-order valence-corrected chi connectivity index (χ2v) is 14.7. The number of ether oxygens (including phenoxy) is 3. The molecule has 60 heavy (non-hydrogen) atoms. The summed E-state index contributed by atoms with van der Waals surface area (Å²) >= 11 is 0. The molecule has 0 saturated heterocycles. The van der Waals surface area contributed by atoms with Gasteiger partial charge in [0.05, 0.1) is 6.42 Å². The third-order valence-corrected chi connectivity index (χ3v) is 9.09. The molecule has 0 aromatic heterocycles. The lowest BCUT2D eigenvalue weighted by Gasteiger charge is -2.18. The minimum Gasteiger partial charge on any atom is -0.462 e. The van der Waals surface area contributed by atoms with Gasteiger partial charge in [-0.3, -0.25) is 14.4 Å². The van der Waals surface area contributed by atoms with Crippen molar-refractivity contribution in [3.05, 3.63) is 134 Å². The van der Waals surface area contributed by atoms with Gasteiger partial charge in [0.2, 0.25) is 0 Å². The largest absolute Gasteiger partial charge is 0.462 e. The summed E-state index contributed by atoms with van der Waals surface area (Å²) in [4.78, 5) is 37.7. The Kier molecular flexibility index (Phi) is 43.7. The van der Waals surface area contributed by atoms with E-state index in [1.54, 1.807) is 6.08 Å². The van der Waals surface area contributed by atoms with Gasteiger partial charge in [-0.25, -0.2) is 0 Å². The highest BCUT2D eigenvalue weighted by Crippen LogP contribution is 2.12. The number of hydrogen-bond acceptors (Lipinski definition) is 6. The van der Waals surface area contributed by atoms with E-state index in [0.717, 1.165) is 109 Å². The van der Waals surface area contributed by atoms with E-state index in [0.29, 0.717) is 6.42 Å². The molecule has 6 nitrogen and oxygen atoms in total. The van der Waals surface area contributed by atoms with Gasteiger partial charge in [0.15, 0.2) is 6.10 Å². The van der Waals surface area contributed by atoms with Gasteiger partial charge in [-0.1, -0.05) is 206 Å². The predicted octanol–water partition coefficient (Wildman–Crippen LogP) is 15.1. The van der Waals surface area contributed by atoms with Crippen molar-refractivity contribution in [3.8, 4) is 0 Å². The van der Waals surface area contributed by atoms with Crippen LogP contribution in [0.4, 0.5) is 0 Å². The molecule has 0 heterocycles. The molecule has 0 radical (unpaired) electrons. The van der Waals surface area contributed by atoms with Crippen LogP contribution in [0.15, 0.2) is 134 Å². The molecule has 1 unspecified atom stereocenters. The average Bonchev–Trinajstić information content (AvgIpc) is 3.24. The highest BCUT2D eigenvalue weighted by molar-refractivity contribution is 5.72. The first-order valence-electron chi connectivity index (χ1n) is 23.3. The number of carbonyl (C=O) groups excluding carboxylic acids is 3. The van der Waals surface area contributed by atoms with E-state index in [1.807, 2.05) is 30.4 Å². The lowest BCUT2D eigenvalue weighted by molar-refractivity contribution is -0.166. The number of carbonyl (C=O) groups is 3. The molecule has 0 saturated carbocycles. The van der Waals surface area contributed by atoms with Gasteiger partial charge in [0.25, 0.3) is 0 Å². The Hall–Kier alpha value is -4.45. The lowest BCUT2D eigenvalue weighted by atomic mass is 10.1. The normalized spacial score (nSPS) is 13.3. The Morgan fingerprint density at radius 2 is 0.783 bits per heavy atom. The molecule has 0 rings (SSSR count). The van der Waals surface area contributed by atoms with Gasteiger partial charge in [-0.05, 0) is 77.0 Å². The van der Waals surface area contributed by atoms with Crippen molar-refractivity contribution in [3.63, 3.8) is 0 Å². The van der Waals surface area contributed by atoms with E-state index >= 15 is 0 Å². The van der Waals surface area contributed by atoms with Crippen molar-refractivity contribution in [1.82, 2.24) is 0 Å². The Morgan fingerprint density at radius 1 is 0.383 bits per heavy atom. The summed E-state index contributed by atoms with van der Waals surface area (Å²) in [6.45, 7) is 6.17. The van der Waals surface area contributed by atoms with Gasteiger partial charge >= 0.3 is 17.9 Å². The molecule has 6 heteroatoms. The van der Waals surface area contributed by atoms with Gasteiger partial charge in [0, 0.05) is 12.8 Å². The van der Waals surface area contributed by atoms with Crippen molar-refractivity contribution < 1.29 is 28.6 Å². The molecule has 0 fully saturated rings. The number of rotatable bonds is 39. The van der Waals surface area contributed by atoms with Gasteiger partial charge in [-0.2, -0.15) is 0 Å². The molecule has 0 aliphatic carbocycles. The fourth-order valence-corrected chi connectivity index (χ4v) is 5.64. The van der Waals surface area contributed by atoms with Crippen molar-refractivity contribution in [1.29, 1.82) is 0 Å². The summed E-state index contributed by atoms with van der Waals surface area (Å²) in [6, 6.07) is 0. The van der Waals surface area contributed by atoms with E-state index in [2.05, 4.69) is 118 Å². The average molecular weight is 827 g/mol. The molecule has 334 valence electrons. The SMILES string of the molecule is CC\C=C/C=C\C=C/C=C\CCCCCCCC(=O)OC(COC(=O)C/C=C\C/C=C\C/C=C\CC)COC(=O)CCCCCCC\C=C/C=C\C=C/C=C\CCCCC. The fourth-order valence-electron chi connectivity index (χ4n) is 5.64. The van der Waals surface area contributed by atoms with Crippen molar-refractivity contribution in [2.45, 2.75) is 175 Å². The first-order valence-corrected chi connectivity index (χ1v) is 23.3. The molecule has 0 amide bonds. The summed E-state index contributed by atoms with van der Waals surface area (Å²) in [5, 5.41) is 0. The zero-order chi connectivity index (χ0) is 43.7. The van der Waals surface area contributed by atoms with Gasteiger partial charge in [0.1, 0.15) is 13.2 Å². The summed E-state index contributed by atoms with van der Waals surface area (Å²) in [7, 11) is 0. The first kappa shape index (κ1) is 55.5. The summed E-state index contributed by atoms with van der Waals surface area (Å²) in [6.07, 6.45) is 66.0. The smallest absolute Gasteiger partial charge is 0.309 e. The fraction of sp³-hybridized carbons (Fsp3) is 0.537. The number of hydrogen-bond donors (Lipinski definition) is 0. The maximum absolute atomic E-state index is 12.7. The predicted molar refractivity (Wildman–Crippen MR) is 256 cm³/mol. The van der Waals surface area contributed by atoms with Gasteiger partial charge in [-0.15, -0.1) is 0 Å². The van der Waals surface area contributed by atoms with Crippen LogP contribution in [-0.4, -0.2) is 37.2 Å². The van der Waals surface area contributed by atoms with Crippen LogP contribution in [-0.2, 0) is 28.6 Å². The molecule has 0 aliphatic heterocycles. The molecule has 0 aliphatic rings. The van der Waals surface area contributed by atoms with Crippen LogP contribution in [0.5, 0.6) is 0 Å². The number of esters is 3. The lowest BCUT2D eigenvalue weighted by Crippen LogP contribution is -2.30. The zero-order valence-electron chi connectivity index (χ0n) is 37.9. The van der Waals surface area contributed by atoms with Crippen LogP contribution in [0.25, 0.3) is 0 Å². The Bertz CT molecular complexity index is 1370. The summed E-state index contributed by atoms with van der Waals surface area (Å²) < 4.78 is 16.6. The zero-order valence-corrected chi connectivity index (χ0v) is 37.9. The minimum atomic E-state index is -0.839. The molecular formula is C54H82O6. The molecule has 0 spiro atoms. The van der Waals surface area contributed by atoms with Gasteiger partial charge < -0.3 is 14.2 Å². The molecule has 1 atom stereocenters. The van der Waals surface area contributed by atoms with Crippen LogP contribution in [0, 0.1) is 0 Å². The van der Waals surface area contributed by atoms with E-state index in [9.17, 15) is 14.4 Å². The number of unbranched alkanes of at least 4 members (excludes halogenated alkanes) is 13. The maximum atomic E-state index is 12.7. The Morgan fingerprint density at radius 3 is 1.30 bits per heavy atom. The minimum absolute atomic E-state index is 0.118. The molecule has 0 N–H and O–H groups in total. The molecule has 0 aromatic carbocycles. The topological polar surface area (TPSA) is 78.9 Å². The molecular weight excluding hydrogens is 745 g/mol. The quantitative estimate of drug-likeness (QED) is 0.0202. The van der Waals surface area contributed by atoms with E-state index < -0.39 is 12.1 Å². The molecule has 0 aromatic rings. The highest BCUT2D eigenvalue weighted by Gasteiger charge is 2.19. The van der Waals surface area contributed by atoms with Crippen LogP contribution in [0.1, 0.15) is 168 Å². The monoisotopic (exact) mass is 827 g/mol. The third-order valence-electron chi connectivity index (χ3n) is 9.09. The Labute approximate surface area is 366 Å². The van der Waals surface area contributed by atoms with Crippen molar-refractivity contribution in [2.75, 3.05) is 13.2 Å². The van der Waals surface area contributed by atoms with E-state index in [-0.39, 0.29) is 38.0 Å². The van der Waals surface area contributed by atoms with E-state index in [4.69, 9.17) is 14.2 Å². The first-order chi connectivity index (χ1) is 29.5. The maximum Gasteiger partial charge on any atom is 0.309 e. The Balaban J connectivity index is 4.53. The third kappa shape index (κ3) is 44.6. The summed E-state index contributed by atoms with van der Waals surface area (Å²) in [5.41, 5.74) is 0. The van der Waals surface area contributed by atoms with Crippen molar-refractivity contribution in [2.24, 2.45) is 0 Å².